The summed E-state index contributed by atoms with van der Waals surface area (Å²) >= 11 is 1.96. The predicted octanol–water partition coefficient (Wildman–Crippen LogP) is 2.19. The average molecular weight is 223 g/mol. The molecular formula is C12H17NOS. The molecule has 1 fully saturated rings. The molecule has 3 heteroatoms. The summed E-state index contributed by atoms with van der Waals surface area (Å²) in [7, 11) is 0. The monoisotopic (exact) mass is 223 g/mol. The van der Waals surface area contributed by atoms with E-state index in [2.05, 4.69) is 0 Å². The zero-order valence-electron chi connectivity index (χ0n) is 8.73. The van der Waals surface area contributed by atoms with Gasteiger partial charge >= 0.3 is 0 Å². The Morgan fingerprint density at radius 2 is 2.20 bits per heavy atom. The summed E-state index contributed by atoms with van der Waals surface area (Å²) in [6.07, 6.45) is 1.17. The molecule has 1 heterocycles. The minimum absolute atomic E-state index is 0.420. The molecule has 0 bridgehead atoms. The van der Waals surface area contributed by atoms with Gasteiger partial charge in [0.25, 0.3) is 0 Å². The van der Waals surface area contributed by atoms with E-state index < -0.39 is 0 Å². The fourth-order valence-corrected chi connectivity index (χ4v) is 3.55. The molecule has 0 saturated carbocycles. The molecule has 1 saturated heterocycles. The quantitative estimate of drug-likeness (QED) is 0.808. The highest BCUT2D eigenvalue weighted by molar-refractivity contribution is 7.99. The fraction of sp³-hybridized carbons (Fsp3) is 0.500. The van der Waals surface area contributed by atoms with Crippen LogP contribution in [0.2, 0.25) is 0 Å². The number of phenolic OH excluding ortho intramolecular Hbond substituents is 1. The second-order valence-electron chi connectivity index (χ2n) is 4.02. The lowest BCUT2D eigenvalue weighted by Gasteiger charge is -2.30. The summed E-state index contributed by atoms with van der Waals surface area (Å²) < 4.78 is 0. The second kappa shape index (κ2) is 4.90. The van der Waals surface area contributed by atoms with Crippen LogP contribution in [0.15, 0.2) is 24.3 Å². The van der Waals surface area contributed by atoms with Gasteiger partial charge in [-0.2, -0.15) is 11.8 Å². The molecule has 2 atom stereocenters. The molecule has 0 amide bonds. The predicted molar refractivity (Wildman–Crippen MR) is 65.3 cm³/mol. The van der Waals surface area contributed by atoms with Crippen LogP contribution in [0.1, 0.15) is 17.9 Å². The normalized spacial score (nSPS) is 26.5. The van der Waals surface area contributed by atoms with Gasteiger partial charge < -0.3 is 10.8 Å². The van der Waals surface area contributed by atoms with Gasteiger partial charge in [0.05, 0.1) is 0 Å². The van der Waals surface area contributed by atoms with Crippen molar-refractivity contribution in [2.45, 2.75) is 12.3 Å². The Labute approximate surface area is 94.9 Å². The van der Waals surface area contributed by atoms with E-state index in [4.69, 9.17) is 5.73 Å². The summed E-state index contributed by atoms with van der Waals surface area (Å²) in [5.41, 5.74) is 6.86. The molecule has 0 aromatic heterocycles. The van der Waals surface area contributed by atoms with E-state index in [1.807, 2.05) is 30.0 Å². The Bertz CT molecular complexity index is 329. The highest BCUT2D eigenvalue weighted by atomic mass is 32.2. The molecule has 2 rings (SSSR count). The van der Waals surface area contributed by atoms with E-state index >= 15 is 0 Å². The van der Waals surface area contributed by atoms with Crippen LogP contribution in [0.4, 0.5) is 0 Å². The number of rotatable bonds is 2. The SMILES string of the molecule is NCC1CCSCC1c1ccccc1O. The highest BCUT2D eigenvalue weighted by Gasteiger charge is 2.27. The lowest BCUT2D eigenvalue weighted by molar-refractivity contribution is 0.412. The van der Waals surface area contributed by atoms with Crippen LogP contribution < -0.4 is 5.73 Å². The lowest BCUT2D eigenvalue weighted by Crippen LogP contribution is -2.27. The lowest BCUT2D eigenvalue weighted by atomic mass is 9.85. The van der Waals surface area contributed by atoms with Crippen LogP contribution >= 0.6 is 11.8 Å². The number of hydrogen-bond donors (Lipinski definition) is 2. The maximum absolute atomic E-state index is 9.83. The molecule has 1 aliphatic rings. The fourth-order valence-electron chi connectivity index (χ4n) is 2.21. The maximum Gasteiger partial charge on any atom is 0.119 e. The standard InChI is InChI=1S/C12H17NOS/c13-7-9-5-6-15-8-11(9)10-3-1-2-4-12(10)14/h1-4,9,11,14H,5-8,13H2. The number of para-hydroxylation sites is 1. The van der Waals surface area contributed by atoms with Crippen LogP contribution in [0.25, 0.3) is 0 Å². The molecule has 1 aliphatic heterocycles. The molecule has 0 radical (unpaired) electrons. The molecule has 0 spiro atoms. The summed E-state index contributed by atoms with van der Waals surface area (Å²) in [5.74, 6) is 3.66. The van der Waals surface area contributed by atoms with Gasteiger partial charge in [0, 0.05) is 11.7 Å². The Kier molecular flexibility index (Phi) is 3.54. The largest absolute Gasteiger partial charge is 0.508 e. The number of phenols is 1. The topological polar surface area (TPSA) is 46.2 Å². The number of hydrogen-bond acceptors (Lipinski definition) is 3. The third-order valence-electron chi connectivity index (χ3n) is 3.14. The van der Waals surface area contributed by atoms with Gasteiger partial charge in [-0.1, -0.05) is 18.2 Å². The van der Waals surface area contributed by atoms with Crippen molar-refractivity contribution in [1.82, 2.24) is 0 Å². The molecule has 1 aromatic carbocycles. The van der Waals surface area contributed by atoms with Crippen molar-refractivity contribution in [1.29, 1.82) is 0 Å². The van der Waals surface area contributed by atoms with Crippen LogP contribution in [-0.2, 0) is 0 Å². The van der Waals surface area contributed by atoms with E-state index in [0.717, 1.165) is 17.9 Å². The van der Waals surface area contributed by atoms with E-state index in [0.29, 0.717) is 17.6 Å². The molecule has 15 heavy (non-hydrogen) atoms. The Morgan fingerprint density at radius 3 is 2.93 bits per heavy atom. The third kappa shape index (κ3) is 2.29. The van der Waals surface area contributed by atoms with Gasteiger partial charge in [-0.05, 0) is 36.3 Å². The summed E-state index contributed by atoms with van der Waals surface area (Å²) in [6, 6.07) is 7.64. The van der Waals surface area contributed by atoms with Gasteiger partial charge in [0.15, 0.2) is 0 Å². The van der Waals surface area contributed by atoms with Crippen LogP contribution in [-0.4, -0.2) is 23.2 Å². The first-order valence-corrected chi connectivity index (χ1v) is 6.54. The summed E-state index contributed by atoms with van der Waals surface area (Å²) in [4.78, 5) is 0. The third-order valence-corrected chi connectivity index (χ3v) is 4.26. The van der Waals surface area contributed by atoms with Crippen molar-refractivity contribution in [2.24, 2.45) is 11.7 Å². The zero-order valence-corrected chi connectivity index (χ0v) is 9.54. The van der Waals surface area contributed by atoms with E-state index in [-0.39, 0.29) is 0 Å². The van der Waals surface area contributed by atoms with Crippen LogP contribution in [0.3, 0.4) is 0 Å². The maximum atomic E-state index is 9.83. The molecule has 0 aliphatic carbocycles. The van der Waals surface area contributed by atoms with E-state index in [1.54, 1.807) is 6.07 Å². The Hall–Kier alpha value is -0.670. The van der Waals surface area contributed by atoms with Gasteiger partial charge in [-0.3, -0.25) is 0 Å². The molecule has 1 aromatic rings. The number of benzene rings is 1. The highest BCUT2D eigenvalue weighted by Crippen LogP contribution is 2.38. The van der Waals surface area contributed by atoms with Crippen molar-refractivity contribution in [3.8, 4) is 5.75 Å². The van der Waals surface area contributed by atoms with Gasteiger partial charge in [-0.15, -0.1) is 0 Å². The Balaban J connectivity index is 2.24. The van der Waals surface area contributed by atoms with Crippen LogP contribution in [0, 0.1) is 5.92 Å². The number of aromatic hydroxyl groups is 1. The first kappa shape index (κ1) is 10.8. The molecule has 3 N–H and O–H groups in total. The van der Waals surface area contributed by atoms with Crippen molar-refractivity contribution in [3.63, 3.8) is 0 Å². The van der Waals surface area contributed by atoms with E-state index in [1.165, 1.54) is 12.2 Å². The van der Waals surface area contributed by atoms with Gasteiger partial charge in [0.1, 0.15) is 5.75 Å². The van der Waals surface area contributed by atoms with E-state index in [9.17, 15) is 5.11 Å². The number of thioether (sulfide) groups is 1. The van der Waals surface area contributed by atoms with Crippen molar-refractivity contribution < 1.29 is 5.11 Å². The first-order valence-electron chi connectivity index (χ1n) is 5.38. The minimum atomic E-state index is 0.420. The number of nitrogens with two attached hydrogens (primary N) is 1. The zero-order chi connectivity index (χ0) is 10.7. The summed E-state index contributed by atoms with van der Waals surface area (Å²) in [5, 5.41) is 9.83. The first-order chi connectivity index (χ1) is 7.33. The summed E-state index contributed by atoms with van der Waals surface area (Å²) in [6.45, 7) is 0.722. The van der Waals surface area contributed by atoms with Gasteiger partial charge in [-0.25, -0.2) is 0 Å². The smallest absolute Gasteiger partial charge is 0.119 e. The van der Waals surface area contributed by atoms with Gasteiger partial charge in [0.2, 0.25) is 0 Å². The van der Waals surface area contributed by atoms with Crippen molar-refractivity contribution in [2.75, 3.05) is 18.1 Å². The molecule has 2 unspecified atom stereocenters. The van der Waals surface area contributed by atoms with Crippen LogP contribution in [0.5, 0.6) is 5.75 Å². The minimum Gasteiger partial charge on any atom is -0.508 e. The van der Waals surface area contributed by atoms with Crippen molar-refractivity contribution in [3.05, 3.63) is 29.8 Å². The average Bonchev–Trinajstić information content (AvgIpc) is 2.30. The molecule has 82 valence electrons. The molecular weight excluding hydrogens is 206 g/mol. The Morgan fingerprint density at radius 1 is 1.40 bits per heavy atom. The second-order valence-corrected chi connectivity index (χ2v) is 5.17. The molecule has 2 nitrogen and oxygen atoms in total. The van der Waals surface area contributed by atoms with Crippen molar-refractivity contribution >= 4 is 11.8 Å².